The number of carbonyl (C=O) groups is 1. The first kappa shape index (κ1) is 15.6. The fourth-order valence-corrected chi connectivity index (χ4v) is 4.15. The molecule has 8 nitrogen and oxygen atoms in total. The van der Waals surface area contributed by atoms with E-state index < -0.39 is 36.2 Å². The second-order valence-corrected chi connectivity index (χ2v) is 6.61. The van der Waals surface area contributed by atoms with Crippen LogP contribution in [0.5, 0.6) is 11.5 Å². The lowest BCUT2D eigenvalue weighted by atomic mass is 9.81. The van der Waals surface area contributed by atoms with Crippen molar-refractivity contribution in [1.29, 1.82) is 0 Å². The minimum Gasteiger partial charge on any atom is -0.507 e. The SMILES string of the molecule is O=C(O)C1(O)C(O)CCC1c1ccc2c(c1O)C1CC(O)OC1O2. The first-order valence-corrected chi connectivity index (χ1v) is 7.83. The molecule has 8 heteroatoms. The highest BCUT2D eigenvalue weighted by atomic mass is 16.7. The molecule has 2 aliphatic heterocycles. The van der Waals surface area contributed by atoms with Gasteiger partial charge in [-0.25, -0.2) is 4.79 Å². The normalized spacial score (nSPS) is 40.2. The number of hydrogen-bond donors (Lipinski definition) is 5. The summed E-state index contributed by atoms with van der Waals surface area (Å²) in [4.78, 5) is 11.5. The van der Waals surface area contributed by atoms with Crippen molar-refractivity contribution in [3.8, 4) is 11.5 Å². The summed E-state index contributed by atoms with van der Waals surface area (Å²) in [7, 11) is 0. The van der Waals surface area contributed by atoms with E-state index in [9.17, 15) is 30.3 Å². The monoisotopic (exact) mass is 338 g/mol. The fourth-order valence-electron chi connectivity index (χ4n) is 4.15. The molecule has 0 aromatic heterocycles. The number of benzene rings is 1. The highest BCUT2D eigenvalue weighted by molar-refractivity contribution is 5.81. The Balaban J connectivity index is 1.78. The molecule has 0 amide bonds. The highest BCUT2D eigenvalue weighted by Gasteiger charge is 2.56. The van der Waals surface area contributed by atoms with Gasteiger partial charge in [-0.15, -0.1) is 0 Å². The Morgan fingerprint density at radius 3 is 2.71 bits per heavy atom. The van der Waals surface area contributed by atoms with Gasteiger partial charge in [0.05, 0.1) is 12.0 Å². The van der Waals surface area contributed by atoms with Gasteiger partial charge in [0.25, 0.3) is 0 Å². The van der Waals surface area contributed by atoms with Crippen molar-refractivity contribution >= 4 is 5.97 Å². The van der Waals surface area contributed by atoms with Gasteiger partial charge in [-0.05, 0) is 18.9 Å². The molecule has 2 heterocycles. The Hall–Kier alpha value is -1.87. The largest absolute Gasteiger partial charge is 0.507 e. The molecule has 1 saturated heterocycles. The van der Waals surface area contributed by atoms with Gasteiger partial charge in [-0.1, -0.05) is 6.07 Å². The van der Waals surface area contributed by atoms with Crippen LogP contribution in [-0.4, -0.2) is 55.8 Å². The smallest absolute Gasteiger partial charge is 0.339 e. The van der Waals surface area contributed by atoms with Crippen molar-refractivity contribution < 1.29 is 39.8 Å². The number of aliphatic hydroxyl groups excluding tert-OH is 2. The van der Waals surface area contributed by atoms with Crippen LogP contribution < -0.4 is 4.74 Å². The number of hydrogen-bond acceptors (Lipinski definition) is 7. The Labute approximate surface area is 136 Å². The molecule has 1 aromatic carbocycles. The van der Waals surface area contributed by atoms with Crippen LogP contribution >= 0.6 is 0 Å². The van der Waals surface area contributed by atoms with Crippen LogP contribution in [0.4, 0.5) is 0 Å². The van der Waals surface area contributed by atoms with E-state index in [4.69, 9.17) is 9.47 Å². The van der Waals surface area contributed by atoms with Gasteiger partial charge in [0.2, 0.25) is 6.29 Å². The molecule has 6 atom stereocenters. The van der Waals surface area contributed by atoms with Gasteiger partial charge in [-0.2, -0.15) is 0 Å². The van der Waals surface area contributed by atoms with E-state index in [1.807, 2.05) is 0 Å². The predicted octanol–water partition coefficient (Wildman–Crippen LogP) is -0.0130. The molecule has 5 N–H and O–H groups in total. The first-order chi connectivity index (χ1) is 11.3. The zero-order valence-corrected chi connectivity index (χ0v) is 12.6. The third kappa shape index (κ3) is 1.91. The number of rotatable bonds is 2. The number of aromatic hydroxyl groups is 1. The van der Waals surface area contributed by atoms with E-state index in [1.54, 1.807) is 6.07 Å². The van der Waals surface area contributed by atoms with Crippen molar-refractivity contribution in [2.75, 3.05) is 0 Å². The number of aliphatic carboxylic acids is 1. The minimum atomic E-state index is -2.35. The van der Waals surface area contributed by atoms with Crippen molar-refractivity contribution in [3.63, 3.8) is 0 Å². The van der Waals surface area contributed by atoms with Crippen LogP contribution in [0.3, 0.4) is 0 Å². The van der Waals surface area contributed by atoms with Crippen LogP contribution in [0.25, 0.3) is 0 Å². The van der Waals surface area contributed by atoms with Crippen molar-refractivity contribution in [2.24, 2.45) is 0 Å². The Kier molecular flexibility index (Phi) is 3.30. The first-order valence-electron chi connectivity index (χ1n) is 7.83. The van der Waals surface area contributed by atoms with Crippen LogP contribution in [-0.2, 0) is 9.53 Å². The molecule has 0 spiro atoms. The van der Waals surface area contributed by atoms with E-state index in [1.165, 1.54) is 6.07 Å². The number of aliphatic hydroxyl groups is 3. The summed E-state index contributed by atoms with van der Waals surface area (Å²) in [6.07, 6.45) is -2.48. The maximum Gasteiger partial charge on any atom is 0.339 e. The summed E-state index contributed by atoms with van der Waals surface area (Å²) in [5.41, 5.74) is -1.65. The number of carboxylic acid groups (broad SMARTS) is 1. The van der Waals surface area contributed by atoms with E-state index in [0.29, 0.717) is 11.3 Å². The molecular formula is C16H18O8. The van der Waals surface area contributed by atoms with E-state index in [-0.39, 0.29) is 36.5 Å². The molecule has 1 saturated carbocycles. The van der Waals surface area contributed by atoms with Crippen LogP contribution in [0, 0.1) is 0 Å². The third-order valence-electron chi connectivity index (χ3n) is 5.38. The summed E-state index contributed by atoms with van der Waals surface area (Å²) in [6.45, 7) is 0. The summed E-state index contributed by atoms with van der Waals surface area (Å²) in [5.74, 6) is -2.58. The van der Waals surface area contributed by atoms with Gasteiger partial charge in [0.1, 0.15) is 11.5 Å². The molecule has 24 heavy (non-hydrogen) atoms. The standard InChI is InChI=1S/C16H18O8/c17-10-4-2-8(16(10,22)15(20)21)6-1-3-9-12(13(6)19)7-5-11(18)24-14(7)23-9/h1,3,7-8,10-11,14,17-19,22H,2,4-5H2,(H,20,21). The quantitative estimate of drug-likeness (QED) is 0.508. The van der Waals surface area contributed by atoms with Crippen LogP contribution in [0.2, 0.25) is 0 Å². The zero-order chi connectivity index (χ0) is 17.2. The Bertz CT molecular complexity index is 704. The van der Waals surface area contributed by atoms with Gasteiger partial charge < -0.3 is 35.0 Å². The van der Waals surface area contributed by atoms with E-state index in [2.05, 4.69) is 0 Å². The number of phenolic OH excluding ortho intramolecular Hbond substituents is 1. The van der Waals surface area contributed by atoms with Crippen molar-refractivity contribution in [3.05, 3.63) is 23.3 Å². The number of fused-ring (bicyclic) bond motifs is 3. The maximum atomic E-state index is 11.5. The molecular weight excluding hydrogens is 320 g/mol. The Morgan fingerprint density at radius 2 is 2.00 bits per heavy atom. The molecule has 0 bridgehead atoms. The van der Waals surface area contributed by atoms with Crippen LogP contribution in [0.15, 0.2) is 12.1 Å². The summed E-state index contributed by atoms with van der Waals surface area (Å²) < 4.78 is 10.8. The van der Waals surface area contributed by atoms with Gasteiger partial charge >= 0.3 is 5.97 Å². The molecule has 2 fully saturated rings. The maximum absolute atomic E-state index is 11.5. The average Bonchev–Trinajstić information content (AvgIpc) is 3.12. The summed E-state index contributed by atoms with van der Waals surface area (Å²) >= 11 is 0. The van der Waals surface area contributed by atoms with Crippen molar-refractivity contribution in [1.82, 2.24) is 0 Å². The van der Waals surface area contributed by atoms with E-state index in [0.717, 1.165) is 0 Å². The third-order valence-corrected chi connectivity index (χ3v) is 5.38. The number of ether oxygens (including phenoxy) is 2. The molecule has 6 unspecified atom stereocenters. The summed E-state index contributed by atoms with van der Waals surface area (Å²) in [6, 6.07) is 3.09. The zero-order valence-electron chi connectivity index (χ0n) is 12.6. The average molecular weight is 338 g/mol. The summed E-state index contributed by atoms with van der Waals surface area (Å²) in [5, 5.41) is 50.1. The lowest BCUT2D eigenvalue weighted by Crippen LogP contribution is -2.49. The second kappa shape index (κ2) is 5.06. The lowest BCUT2D eigenvalue weighted by Gasteiger charge is -2.29. The van der Waals surface area contributed by atoms with Gasteiger partial charge in [0.15, 0.2) is 11.9 Å². The predicted molar refractivity (Wildman–Crippen MR) is 77.5 cm³/mol. The van der Waals surface area contributed by atoms with Gasteiger partial charge in [-0.3, -0.25) is 0 Å². The molecule has 1 aliphatic carbocycles. The minimum absolute atomic E-state index is 0.119. The fraction of sp³-hybridized carbons (Fsp3) is 0.562. The molecule has 0 radical (unpaired) electrons. The number of carboxylic acids is 1. The second-order valence-electron chi connectivity index (χ2n) is 6.61. The van der Waals surface area contributed by atoms with E-state index >= 15 is 0 Å². The Morgan fingerprint density at radius 1 is 1.25 bits per heavy atom. The topological polar surface area (TPSA) is 137 Å². The molecule has 1 aromatic rings. The van der Waals surface area contributed by atoms with Gasteiger partial charge in [0, 0.05) is 23.5 Å². The molecule has 3 aliphatic rings. The van der Waals surface area contributed by atoms with Crippen molar-refractivity contribution in [2.45, 2.75) is 55.4 Å². The molecule has 130 valence electrons. The lowest BCUT2D eigenvalue weighted by molar-refractivity contribution is -0.169. The highest BCUT2D eigenvalue weighted by Crippen LogP contribution is 2.54. The van der Waals surface area contributed by atoms with Crippen LogP contribution in [0.1, 0.15) is 42.2 Å². The molecule has 4 rings (SSSR count). The number of phenols is 1.